The van der Waals surface area contributed by atoms with Gasteiger partial charge in [0, 0.05) is 33.3 Å². The van der Waals surface area contributed by atoms with Crippen molar-refractivity contribution in [3.63, 3.8) is 0 Å². The SMILES string of the molecule is CC1(C)c2cc3ccccc3cc2-c2cc3ccc(N(c4ccc5cc6c(cc5c4)C(C)(C)c4cc5ccccc5cc4-6)c4ccc5cc6c(cc5c4)C(C)(C)c4cc5ccccc5cc4-6)cc3cc21. The molecule has 3 aliphatic rings. The summed E-state index contributed by atoms with van der Waals surface area (Å²) in [6.45, 7) is 14.4. The zero-order valence-corrected chi connectivity index (χ0v) is 40.5. The molecular weight excluding hydrogens is 843 g/mol. The summed E-state index contributed by atoms with van der Waals surface area (Å²) in [4.78, 5) is 2.50. The van der Waals surface area contributed by atoms with Crippen LogP contribution in [-0.2, 0) is 16.2 Å². The number of nitrogens with zero attached hydrogens (tertiary/aromatic N) is 1. The number of benzene rings is 12. The molecule has 0 spiro atoms. The molecule has 0 unspecified atom stereocenters. The van der Waals surface area contributed by atoms with Crippen LogP contribution in [0.1, 0.15) is 74.9 Å². The zero-order valence-electron chi connectivity index (χ0n) is 40.5. The summed E-state index contributed by atoms with van der Waals surface area (Å²) in [5, 5.41) is 15.3. The first-order valence-electron chi connectivity index (χ1n) is 25.0. The number of hydrogen-bond acceptors (Lipinski definition) is 1. The quantitative estimate of drug-likeness (QED) is 0.171. The molecule has 0 aromatic heterocycles. The monoisotopic (exact) mass is 893 g/mol. The van der Waals surface area contributed by atoms with Crippen LogP contribution in [0.2, 0.25) is 0 Å². The van der Waals surface area contributed by atoms with Crippen molar-refractivity contribution in [3.8, 4) is 33.4 Å². The second kappa shape index (κ2) is 13.6. The van der Waals surface area contributed by atoms with E-state index < -0.39 is 0 Å². The zero-order chi connectivity index (χ0) is 47.0. The molecule has 0 N–H and O–H groups in total. The van der Waals surface area contributed by atoms with E-state index in [2.05, 4.69) is 247 Å². The third-order valence-electron chi connectivity index (χ3n) is 17.2. The molecule has 0 fully saturated rings. The van der Waals surface area contributed by atoms with Gasteiger partial charge in [-0.15, -0.1) is 0 Å². The molecule has 0 saturated carbocycles. The first-order chi connectivity index (χ1) is 33.9. The third kappa shape index (κ3) is 5.44. The maximum atomic E-state index is 2.50. The lowest BCUT2D eigenvalue weighted by Crippen LogP contribution is -2.15. The molecule has 15 rings (SSSR count). The van der Waals surface area contributed by atoms with Crippen LogP contribution in [0.4, 0.5) is 17.1 Å². The Labute approximate surface area is 409 Å². The summed E-state index contributed by atoms with van der Waals surface area (Å²) in [5.41, 5.74) is 19.6. The summed E-state index contributed by atoms with van der Waals surface area (Å²) in [6.07, 6.45) is 0. The molecule has 0 bridgehead atoms. The molecule has 0 heterocycles. The Balaban J connectivity index is 0.908. The van der Waals surface area contributed by atoms with Crippen molar-refractivity contribution in [2.75, 3.05) is 4.90 Å². The highest BCUT2D eigenvalue weighted by Gasteiger charge is 2.39. The van der Waals surface area contributed by atoms with Crippen molar-refractivity contribution in [2.24, 2.45) is 0 Å². The molecule has 332 valence electrons. The van der Waals surface area contributed by atoms with E-state index in [0.717, 1.165) is 17.1 Å². The summed E-state index contributed by atoms with van der Waals surface area (Å²) >= 11 is 0. The Kier molecular flexibility index (Phi) is 7.77. The molecule has 12 aromatic carbocycles. The average Bonchev–Trinajstić information content (AvgIpc) is 3.81. The molecular formula is C69H51N. The van der Waals surface area contributed by atoms with Gasteiger partial charge in [-0.3, -0.25) is 0 Å². The first kappa shape index (κ1) is 39.9. The van der Waals surface area contributed by atoms with Crippen molar-refractivity contribution < 1.29 is 0 Å². The van der Waals surface area contributed by atoms with Crippen molar-refractivity contribution in [1.29, 1.82) is 0 Å². The van der Waals surface area contributed by atoms with E-state index in [0.29, 0.717) is 0 Å². The fraction of sp³-hybridized carbons (Fsp3) is 0.130. The van der Waals surface area contributed by atoms with Crippen molar-refractivity contribution in [2.45, 2.75) is 57.8 Å². The Morgan fingerprint density at radius 2 is 0.414 bits per heavy atom. The van der Waals surface area contributed by atoms with E-state index in [9.17, 15) is 0 Å². The largest absolute Gasteiger partial charge is 0.310 e. The molecule has 70 heavy (non-hydrogen) atoms. The minimum Gasteiger partial charge on any atom is -0.310 e. The topological polar surface area (TPSA) is 3.24 Å². The molecule has 0 atom stereocenters. The van der Waals surface area contributed by atoms with Gasteiger partial charge in [-0.05, 0) is 241 Å². The van der Waals surface area contributed by atoms with Crippen LogP contribution in [0.25, 0.3) is 98.0 Å². The first-order valence-corrected chi connectivity index (χ1v) is 25.0. The van der Waals surface area contributed by atoms with E-state index >= 15 is 0 Å². The fourth-order valence-electron chi connectivity index (χ4n) is 13.3. The number of fused-ring (bicyclic) bond motifs is 15. The van der Waals surface area contributed by atoms with E-state index in [4.69, 9.17) is 0 Å². The van der Waals surface area contributed by atoms with Gasteiger partial charge >= 0.3 is 0 Å². The molecule has 3 aliphatic carbocycles. The number of anilines is 3. The molecule has 0 aliphatic heterocycles. The normalized spacial score (nSPS) is 15.3. The maximum Gasteiger partial charge on any atom is 0.0468 e. The highest BCUT2D eigenvalue weighted by molar-refractivity contribution is 6.04. The molecule has 1 nitrogen and oxygen atoms in total. The van der Waals surface area contributed by atoms with Crippen LogP contribution < -0.4 is 4.90 Å². The molecule has 0 amide bonds. The third-order valence-corrected chi connectivity index (χ3v) is 17.2. The minimum absolute atomic E-state index is 0.129. The Morgan fingerprint density at radius 3 is 0.657 bits per heavy atom. The fourth-order valence-corrected chi connectivity index (χ4v) is 13.3. The standard InChI is InChI=1S/C69H51N/c1-67(2)61-34-43-16-10-7-13-40(43)28-55(61)58-31-46-19-22-52(25-49(46)37-64(58)67)70(53-23-20-47-32-59-56-29-41-14-8-11-17-44(41)35-62(56)68(3,4)65(59)38-50(47)26-53)54-24-21-48-33-60-57-30-42-15-9-12-18-45(42)36-63(57)69(5,6)66(60)39-51(48)27-54/h7-39H,1-6H3. The predicted octanol–water partition coefficient (Wildman–Crippen LogP) is 19.0. The van der Waals surface area contributed by atoms with Crippen molar-refractivity contribution >= 4 is 81.7 Å². The molecule has 12 aromatic rings. The minimum atomic E-state index is -0.129. The molecule has 1 heteroatoms. The summed E-state index contributed by atoms with van der Waals surface area (Å²) in [7, 11) is 0. The van der Waals surface area contributed by atoms with E-state index in [1.165, 1.54) is 131 Å². The second-order valence-electron chi connectivity index (χ2n) is 22.2. The van der Waals surface area contributed by atoms with Crippen LogP contribution in [-0.4, -0.2) is 0 Å². The Morgan fingerprint density at radius 1 is 0.214 bits per heavy atom. The lowest BCUT2D eigenvalue weighted by molar-refractivity contribution is 0.662. The molecule has 0 saturated heterocycles. The summed E-state index contributed by atoms with van der Waals surface area (Å²) in [6, 6.07) is 77.0. The maximum absolute atomic E-state index is 2.50. The second-order valence-corrected chi connectivity index (χ2v) is 22.2. The van der Waals surface area contributed by atoms with Crippen molar-refractivity contribution in [3.05, 3.63) is 234 Å². The Hall–Kier alpha value is -8.00. The number of rotatable bonds is 3. The van der Waals surface area contributed by atoms with Gasteiger partial charge in [0.1, 0.15) is 0 Å². The van der Waals surface area contributed by atoms with Crippen LogP contribution in [0.3, 0.4) is 0 Å². The van der Waals surface area contributed by atoms with Gasteiger partial charge < -0.3 is 4.90 Å². The van der Waals surface area contributed by atoms with Crippen LogP contribution in [0.15, 0.2) is 200 Å². The van der Waals surface area contributed by atoms with Crippen molar-refractivity contribution in [1.82, 2.24) is 0 Å². The smallest absolute Gasteiger partial charge is 0.0468 e. The van der Waals surface area contributed by atoms with Crippen LogP contribution in [0, 0.1) is 0 Å². The lowest BCUT2D eigenvalue weighted by atomic mass is 9.81. The Bertz CT molecular complexity index is 3890. The van der Waals surface area contributed by atoms with Crippen LogP contribution in [0.5, 0.6) is 0 Å². The lowest BCUT2D eigenvalue weighted by Gasteiger charge is -2.28. The van der Waals surface area contributed by atoms with E-state index in [-0.39, 0.29) is 16.2 Å². The van der Waals surface area contributed by atoms with Gasteiger partial charge in [0.25, 0.3) is 0 Å². The van der Waals surface area contributed by atoms with Gasteiger partial charge in [-0.2, -0.15) is 0 Å². The van der Waals surface area contributed by atoms with Gasteiger partial charge in [-0.25, -0.2) is 0 Å². The highest BCUT2D eigenvalue weighted by Crippen LogP contribution is 2.55. The summed E-state index contributed by atoms with van der Waals surface area (Å²) in [5.74, 6) is 0. The predicted molar refractivity (Wildman–Crippen MR) is 299 cm³/mol. The van der Waals surface area contributed by atoms with Gasteiger partial charge in [0.05, 0.1) is 0 Å². The highest BCUT2D eigenvalue weighted by atomic mass is 15.1. The van der Waals surface area contributed by atoms with E-state index in [1.54, 1.807) is 0 Å². The van der Waals surface area contributed by atoms with Gasteiger partial charge in [0.2, 0.25) is 0 Å². The molecule has 0 radical (unpaired) electrons. The van der Waals surface area contributed by atoms with Crippen LogP contribution >= 0.6 is 0 Å². The van der Waals surface area contributed by atoms with Gasteiger partial charge in [-0.1, -0.05) is 133 Å². The average molecular weight is 894 g/mol. The number of hydrogen-bond donors (Lipinski definition) is 0. The summed E-state index contributed by atoms with van der Waals surface area (Å²) < 4.78 is 0. The van der Waals surface area contributed by atoms with Gasteiger partial charge in [0.15, 0.2) is 0 Å². The van der Waals surface area contributed by atoms with E-state index in [1.807, 2.05) is 0 Å².